The molecule has 1 aromatic rings. The molecule has 2 N–H and O–H groups in total. The highest BCUT2D eigenvalue weighted by atomic mass is 32.2. The van der Waals surface area contributed by atoms with Gasteiger partial charge in [-0.15, -0.1) is 5.10 Å². The maximum atomic E-state index is 11.9. The van der Waals surface area contributed by atoms with Gasteiger partial charge in [0, 0.05) is 0 Å². The van der Waals surface area contributed by atoms with Gasteiger partial charge in [0.25, 0.3) is 5.88 Å². The predicted octanol–water partition coefficient (Wildman–Crippen LogP) is 0.707. The van der Waals surface area contributed by atoms with E-state index in [2.05, 4.69) is 10.2 Å². The lowest BCUT2D eigenvalue weighted by molar-refractivity contribution is 0.393. The fourth-order valence-electron chi connectivity index (χ4n) is 2.01. The zero-order valence-electron chi connectivity index (χ0n) is 9.59. The second kappa shape index (κ2) is 4.48. The van der Waals surface area contributed by atoms with Crippen LogP contribution in [0.25, 0.3) is 0 Å². The average Bonchev–Trinajstić information content (AvgIpc) is 2.28. The minimum Gasteiger partial charge on any atom is -0.478 e. The molecule has 1 atom stereocenters. The Labute approximate surface area is 100 Å². The Balaban J connectivity index is 2.36. The van der Waals surface area contributed by atoms with Crippen LogP contribution in [0.2, 0.25) is 0 Å². The van der Waals surface area contributed by atoms with Crippen LogP contribution in [-0.2, 0) is 9.84 Å². The fraction of sp³-hybridized carbons (Fsp3) is 0.600. The lowest BCUT2D eigenvalue weighted by Crippen LogP contribution is -2.23. The van der Waals surface area contributed by atoms with Crippen molar-refractivity contribution in [1.29, 1.82) is 0 Å². The largest absolute Gasteiger partial charge is 0.478 e. The van der Waals surface area contributed by atoms with Gasteiger partial charge >= 0.3 is 0 Å². The number of nitrogens with zero attached hydrogens (tertiary/aromatic N) is 2. The summed E-state index contributed by atoms with van der Waals surface area (Å²) in [5, 5.41) is 7.10. The van der Waals surface area contributed by atoms with Crippen molar-refractivity contribution in [2.45, 2.75) is 24.5 Å². The van der Waals surface area contributed by atoms with Gasteiger partial charge in [0.15, 0.2) is 9.84 Å². The van der Waals surface area contributed by atoms with E-state index in [1.165, 1.54) is 7.11 Å². The molecule has 0 spiro atoms. The SMILES string of the molecule is COc1nnc(C2CCCCS2(=O)=O)cc1N. The van der Waals surface area contributed by atoms with Gasteiger partial charge in [0.1, 0.15) is 5.25 Å². The highest BCUT2D eigenvalue weighted by molar-refractivity contribution is 7.91. The van der Waals surface area contributed by atoms with Crippen molar-refractivity contribution in [3.05, 3.63) is 11.8 Å². The molecule has 0 radical (unpaired) electrons. The number of hydrogen-bond acceptors (Lipinski definition) is 6. The maximum Gasteiger partial charge on any atom is 0.256 e. The molecule has 1 aliphatic heterocycles. The minimum absolute atomic E-state index is 0.214. The van der Waals surface area contributed by atoms with Crippen molar-refractivity contribution in [1.82, 2.24) is 10.2 Å². The number of sulfone groups is 1. The van der Waals surface area contributed by atoms with E-state index in [-0.39, 0.29) is 11.6 Å². The third kappa shape index (κ3) is 2.33. The van der Waals surface area contributed by atoms with E-state index in [0.717, 1.165) is 12.8 Å². The maximum absolute atomic E-state index is 11.9. The summed E-state index contributed by atoms with van der Waals surface area (Å²) in [5.41, 5.74) is 6.44. The lowest BCUT2D eigenvalue weighted by atomic mass is 10.1. The van der Waals surface area contributed by atoms with Gasteiger partial charge < -0.3 is 10.5 Å². The molecule has 0 aliphatic carbocycles. The molecule has 7 heteroatoms. The van der Waals surface area contributed by atoms with Crippen molar-refractivity contribution < 1.29 is 13.2 Å². The van der Waals surface area contributed by atoms with Crippen LogP contribution in [0.4, 0.5) is 5.69 Å². The zero-order chi connectivity index (χ0) is 12.5. The summed E-state index contributed by atoms with van der Waals surface area (Å²) in [5.74, 6) is 0.438. The van der Waals surface area contributed by atoms with Crippen molar-refractivity contribution >= 4 is 15.5 Å². The Morgan fingerprint density at radius 1 is 1.41 bits per heavy atom. The quantitative estimate of drug-likeness (QED) is 0.838. The summed E-state index contributed by atoms with van der Waals surface area (Å²) in [4.78, 5) is 0. The molecule has 0 amide bonds. The van der Waals surface area contributed by atoms with Crippen LogP contribution in [0.5, 0.6) is 5.88 Å². The molecule has 1 unspecified atom stereocenters. The predicted molar refractivity (Wildman–Crippen MR) is 63.4 cm³/mol. The third-order valence-electron chi connectivity index (χ3n) is 2.91. The van der Waals surface area contributed by atoms with Crippen molar-refractivity contribution in [2.24, 2.45) is 0 Å². The van der Waals surface area contributed by atoms with Crippen molar-refractivity contribution in [2.75, 3.05) is 18.6 Å². The average molecular weight is 257 g/mol. The molecule has 6 nitrogen and oxygen atoms in total. The van der Waals surface area contributed by atoms with Crippen molar-refractivity contribution in [3.63, 3.8) is 0 Å². The van der Waals surface area contributed by atoms with E-state index < -0.39 is 15.1 Å². The third-order valence-corrected chi connectivity index (χ3v) is 5.11. The van der Waals surface area contributed by atoms with E-state index >= 15 is 0 Å². The zero-order valence-corrected chi connectivity index (χ0v) is 10.4. The highest BCUT2D eigenvalue weighted by Gasteiger charge is 2.32. The van der Waals surface area contributed by atoms with E-state index in [0.29, 0.717) is 17.8 Å². The molecule has 0 bridgehead atoms. The summed E-state index contributed by atoms with van der Waals surface area (Å²) in [7, 11) is -1.67. The number of hydrogen-bond donors (Lipinski definition) is 1. The molecule has 0 saturated carbocycles. The van der Waals surface area contributed by atoms with Gasteiger partial charge in [-0.2, -0.15) is 5.10 Å². The van der Waals surface area contributed by atoms with E-state index in [1.54, 1.807) is 6.07 Å². The summed E-state index contributed by atoms with van der Waals surface area (Å²) in [6.07, 6.45) is 2.19. The first-order chi connectivity index (χ1) is 8.04. The summed E-state index contributed by atoms with van der Waals surface area (Å²) in [6, 6.07) is 1.54. The smallest absolute Gasteiger partial charge is 0.256 e. The number of anilines is 1. The standard InChI is InChI=1S/C10H15N3O3S/c1-16-10-7(11)6-8(12-13-10)9-4-2-3-5-17(9,14)15/h6,9H,2-5H2,1H3,(H2,11,12). The molecule has 0 aromatic carbocycles. The van der Waals surface area contributed by atoms with Gasteiger partial charge in [-0.3, -0.25) is 0 Å². The van der Waals surface area contributed by atoms with Gasteiger partial charge in [-0.05, 0) is 18.9 Å². The van der Waals surface area contributed by atoms with Gasteiger partial charge in [-0.1, -0.05) is 6.42 Å². The summed E-state index contributed by atoms with van der Waals surface area (Å²) < 4.78 is 28.7. The van der Waals surface area contributed by atoms with Gasteiger partial charge in [-0.25, -0.2) is 8.42 Å². The number of nitrogen functional groups attached to an aromatic ring is 1. The van der Waals surface area contributed by atoms with Crippen molar-refractivity contribution in [3.8, 4) is 5.88 Å². The Kier molecular flexibility index (Phi) is 3.19. The molecule has 2 rings (SSSR count). The highest BCUT2D eigenvalue weighted by Crippen LogP contribution is 2.33. The van der Waals surface area contributed by atoms with Crippen LogP contribution in [0.3, 0.4) is 0 Å². The second-order valence-electron chi connectivity index (χ2n) is 4.09. The number of rotatable bonds is 2. The molecule has 17 heavy (non-hydrogen) atoms. The number of ether oxygens (including phenoxy) is 1. The number of methoxy groups -OCH3 is 1. The Hall–Kier alpha value is -1.37. The van der Waals surface area contributed by atoms with Crippen LogP contribution in [0.15, 0.2) is 6.07 Å². The molecule has 1 aromatic heterocycles. The normalized spacial score (nSPS) is 23.2. The van der Waals surface area contributed by atoms with Gasteiger partial charge in [0.2, 0.25) is 0 Å². The molecule has 1 aliphatic rings. The van der Waals surface area contributed by atoms with E-state index in [9.17, 15) is 8.42 Å². The van der Waals surface area contributed by atoms with Gasteiger partial charge in [0.05, 0.1) is 24.2 Å². The Morgan fingerprint density at radius 3 is 2.76 bits per heavy atom. The summed E-state index contributed by atoms with van der Waals surface area (Å²) >= 11 is 0. The van der Waals surface area contributed by atoms with Crippen LogP contribution in [-0.4, -0.2) is 31.5 Å². The second-order valence-corrected chi connectivity index (χ2v) is 6.39. The molecule has 2 heterocycles. The lowest BCUT2D eigenvalue weighted by Gasteiger charge is -2.21. The first-order valence-corrected chi connectivity index (χ1v) is 7.15. The van der Waals surface area contributed by atoms with E-state index in [1.807, 2.05) is 0 Å². The number of nitrogens with two attached hydrogens (primary N) is 1. The summed E-state index contributed by atoms with van der Waals surface area (Å²) in [6.45, 7) is 0. The molecule has 94 valence electrons. The number of aromatic nitrogens is 2. The van der Waals surface area contributed by atoms with Crippen LogP contribution in [0.1, 0.15) is 30.2 Å². The molecule has 1 saturated heterocycles. The van der Waals surface area contributed by atoms with E-state index in [4.69, 9.17) is 10.5 Å². The van der Waals surface area contributed by atoms with Crippen LogP contribution < -0.4 is 10.5 Å². The topological polar surface area (TPSA) is 95.2 Å². The first kappa shape index (κ1) is 12.1. The molecular formula is C10H15N3O3S. The first-order valence-electron chi connectivity index (χ1n) is 5.43. The van der Waals surface area contributed by atoms with Crippen LogP contribution in [0, 0.1) is 0 Å². The monoisotopic (exact) mass is 257 g/mol. The minimum atomic E-state index is -3.11. The molecular weight excluding hydrogens is 242 g/mol. The molecule has 1 fully saturated rings. The fourth-order valence-corrected chi connectivity index (χ4v) is 3.91. The Morgan fingerprint density at radius 2 is 2.18 bits per heavy atom. The van der Waals surface area contributed by atoms with Crippen LogP contribution >= 0.6 is 0 Å². The Bertz CT molecular complexity index is 516.